The predicted octanol–water partition coefficient (Wildman–Crippen LogP) is 3.68. The highest BCUT2D eigenvalue weighted by molar-refractivity contribution is 6.35. The molecule has 2 amide bonds. The van der Waals surface area contributed by atoms with E-state index >= 15 is 0 Å². The van der Waals surface area contributed by atoms with Crippen LogP contribution in [-0.4, -0.2) is 41.6 Å². The number of ketones is 1. The maximum Gasteiger partial charge on any atom is 0.290 e. The van der Waals surface area contributed by atoms with Crippen LogP contribution in [0.25, 0.3) is 11.1 Å². The summed E-state index contributed by atoms with van der Waals surface area (Å²) in [4.78, 5) is 39.9. The summed E-state index contributed by atoms with van der Waals surface area (Å²) in [5, 5.41) is 0. The molecular weight excluding hydrogens is 352 g/mol. The molecule has 1 heterocycles. The molecule has 1 unspecified atom stereocenters. The van der Waals surface area contributed by atoms with Crippen LogP contribution in [0, 0.1) is 0 Å². The molecule has 5 heteroatoms. The minimum absolute atomic E-state index is 0.0532. The molecular formula is C23H26N2O3. The van der Waals surface area contributed by atoms with Crippen LogP contribution in [0.1, 0.15) is 33.1 Å². The molecule has 1 fully saturated rings. The minimum atomic E-state index is -0.563. The van der Waals surface area contributed by atoms with E-state index in [1.54, 1.807) is 4.90 Å². The lowest BCUT2D eigenvalue weighted by Crippen LogP contribution is -2.59. The first kappa shape index (κ1) is 19.8. The average Bonchev–Trinajstić information content (AvgIpc) is 2.72. The molecule has 0 bridgehead atoms. The van der Waals surface area contributed by atoms with Crippen molar-refractivity contribution in [3.05, 3.63) is 54.6 Å². The van der Waals surface area contributed by atoms with Crippen LogP contribution in [-0.2, 0) is 14.4 Å². The van der Waals surface area contributed by atoms with Crippen molar-refractivity contribution in [3.63, 3.8) is 0 Å². The maximum atomic E-state index is 12.8. The minimum Gasteiger partial charge on any atom is -0.322 e. The average molecular weight is 378 g/mol. The maximum absolute atomic E-state index is 12.8. The van der Waals surface area contributed by atoms with Gasteiger partial charge in [-0.2, -0.15) is 0 Å². The highest BCUT2D eigenvalue weighted by Gasteiger charge is 2.36. The smallest absolute Gasteiger partial charge is 0.290 e. The molecule has 0 aliphatic carbocycles. The van der Waals surface area contributed by atoms with Gasteiger partial charge in [-0.05, 0) is 29.7 Å². The predicted molar refractivity (Wildman–Crippen MR) is 110 cm³/mol. The van der Waals surface area contributed by atoms with Gasteiger partial charge in [-0.25, -0.2) is 0 Å². The Morgan fingerprint density at radius 3 is 2.43 bits per heavy atom. The molecule has 0 saturated carbocycles. The zero-order valence-corrected chi connectivity index (χ0v) is 16.4. The topological polar surface area (TPSA) is 57.7 Å². The fourth-order valence-electron chi connectivity index (χ4n) is 3.63. The Hall–Kier alpha value is -2.95. The number of anilines is 1. The number of amides is 2. The van der Waals surface area contributed by atoms with Crippen molar-refractivity contribution < 1.29 is 14.4 Å². The van der Waals surface area contributed by atoms with Crippen molar-refractivity contribution in [2.75, 3.05) is 18.0 Å². The molecule has 1 atom stereocenters. The molecule has 2 aromatic carbocycles. The monoisotopic (exact) mass is 378 g/mol. The Bertz CT molecular complexity index is 863. The van der Waals surface area contributed by atoms with Crippen LogP contribution in [0.4, 0.5) is 5.69 Å². The summed E-state index contributed by atoms with van der Waals surface area (Å²) in [6, 6.07) is 17.8. The largest absolute Gasteiger partial charge is 0.322 e. The van der Waals surface area contributed by atoms with E-state index in [-0.39, 0.29) is 18.5 Å². The van der Waals surface area contributed by atoms with Crippen molar-refractivity contribution in [3.8, 4) is 11.1 Å². The van der Waals surface area contributed by atoms with Gasteiger partial charge in [0.1, 0.15) is 6.54 Å². The van der Waals surface area contributed by atoms with Crippen molar-refractivity contribution in [1.29, 1.82) is 0 Å². The lowest BCUT2D eigenvalue weighted by molar-refractivity contribution is -0.148. The molecule has 1 aliphatic heterocycles. The standard InChI is InChI=1S/C23H26N2O3/c1-3-4-12-21-15-24(22(27)16-25(21)23(28)17(2)26)20-13-8-11-19(14-20)18-9-6-5-7-10-18/h5-11,13-14,21H,3-4,12,15-16H2,1-2H3. The van der Waals surface area contributed by atoms with Crippen LogP contribution >= 0.6 is 0 Å². The number of piperazine rings is 1. The SMILES string of the molecule is CCCCC1CN(c2cccc(-c3ccccc3)c2)C(=O)CN1C(=O)C(C)=O. The fraction of sp³-hybridized carbons (Fsp3) is 0.348. The third-order valence-corrected chi connectivity index (χ3v) is 5.16. The van der Waals surface area contributed by atoms with Crippen LogP contribution in [0.2, 0.25) is 0 Å². The zero-order chi connectivity index (χ0) is 20.1. The van der Waals surface area contributed by atoms with Crippen molar-refractivity contribution >= 4 is 23.3 Å². The van der Waals surface area contributed by atoms with E-state index in [9.17, 15) is 14.4 Å². The Morgan fingerprint density at radius 1 is 1.04 bits per heavy atom. The first-order valence-corrected chi connectivity index (χ1v) is 9.78. The quantitative estimate of drug-likeness (QED) is 0.721. The van der Waals surface area contributed by atoms with Gasteiger partial charge in [-0.15, -0.1) is 0 Å². The van der Waals surface area contributed by atoms with Crippen molar-refractivity contribution in [2.45, 2.75) is 39.2 Å². The number of Topliss-reactive ketones (excluding diaryl/α,β-unsaturated/α-hetero) is 1. The van der Waals surface area contributed by atoms with Gasteiger partial charge < -0.3 is 9.80 Å². The molecule has 0 aromatic heterocycles. The van der Waals surface area contributed by atoms with Gasteiger partial charge in [0, 0.05) is 19.2 Å². The Balaban J connectivity index is 1.87. The second-order valence-electron chi connectivity index (χ2n) is 7.21. The molecule has 1 saturated heterocycles. The van der Waals surface area contributed by atoms with E-state index < -0.39 is 11.7 Å². The molecule has 3 rings (SSSR count). The molecule has 0 radical (unpaired) electrons. The van der Waals surface area contributed by atoms with Crippen LogP contribution < -0.4 is 4.90 Å². The molecule has 5 nitrogen and oxygen atoms in total. The summed E-state index contributed by atoms with van der Waals surface area (Å²) < 4.78 is 0. The lowest BCUT2D eigenvalue weighted by Gasteiger charge is -2.40. The Labute approximate surface area is 166 Å². The van der Waals surface area contributed by atoms with E-state index in [0.29, 0.717) is 6.54 Å². The summed E-state index contributed by atoms with van der Waals surface area (Å²) in [6.07, 6.45) is 2.71. The van der Waals surface area contributed by atoms with Gasteiger partial charge in [0.25, 0.3) is 5.91 Å². The van der Waals surface area contributed by atoms with Crippen molar-refractivity contribution in [1.82, 2.24) is 4.90 Å². The highest BCUT2D eigenvalue weighted by Crippen LogP contribution is 2.28. The normalized spacial score (nSPS) is 16.9. The number of unbranched alkanes of at least 4 members (excludes halogenated alkanes) is 1. The number of rotatable bonds is 6. The molecule has 146 valence electrons. The first-order chi connectivity index (χ1) is 13.5. The van der Waals surface area contributed by atoms with E-state index in [1.165, 1.54) is 11.8 Å². The summed E-state index contributed by atoms with van der Waals surface area (Å²) in [6.45, 7) is 3.71. The number of hydrogen-bond donors (Lipinski definition) is 0. The van der Waals surface area contributed by atoms with E-state index in [1.807, 2.05) is 54.6 Å². The van der Waals surface area contributed by atoms with Gasteiger partial charge in [0.15, 0.2) is 0 Å². The third-order valence-electron chi connectivity index (χ3n) is 5.16. The van der Waals surface area contributed by atoms with Gasteiger partial charge in [-0.3, -0.25) is 14.4 Å². The molecule has 2 aromatic rings. The van der Waals surface area contributed by atoms with Gasteiger partial charge in [-0.1, -0.05) is 62.2 Å². The van der Waals surface area contributed by atoms with Crippen LogP contribution in [0.15, 0.2) is 54.6 Å². The fourth-order valence-corrected chi connectivity index (χ4v) is 3.63. The van der Waals surface area contributed by atoms with Gasteiger partial charge >= 0.3 is 0 Å². The number of carbonyl (C=O) groups is 3. The number of nitrogens with zero attached hydrogens (tertiary/aromatic N) is 2. The number of carbonyl (C=O) groups excluding carboxylic acids is 3. The molecule has 0 spiro atoms. The Kier molecular flexibility index (Phi) is 6.24. The molecule has 0 N–H and O–H groups in total. The number of hydrogen-bond acceptors (Lipinski definition) is 3. The van der Waals surface area contributed by atoms with Gasteiger partial charge in [0.2, 0.25) is 11.7 Å². The lowest BCUT2D eigenvalue weighted by atomic mass is 10.0. The van der Waals surface area contributed by atoms with E-state index in [4.69, 9.17) is 0 Å². The summed E-state index contributed by atoms with van der Waals surface area (Å²) in [7, 11) is 0. The first-order valence-electron chi connectivity index (χ1n) is 9.78. The summed E-state index contributed by atoms with van der Waals surface area (Å²) >= 11 is 0. The highest BCUT2D eigenvalue weighted by atomic mass is 16.2. The third kappa shape index (κ3) is 4.30. The number of benzene rings is 2. The summed E-state index contributed by atoms with van der Waals surface area (Å²) in [5.41, 5.74) is 2.95. The van der Waals surface area contributed by atoms with E-state index in [2.05, 4.69) is 6.92 Å². The second kappa shape index (κ2) is 8.83. The Morgan fingerprint density at radius 2 is 1.75 bits per heavy atom. The zero-order valence-electron chi connectivity index (χ0n) is 16.4. The summed E-state index contributed by atoms with van der Waals surface area (Å²) in [5.74, 6) is -1.24. The molecule has 1 aliphatic rings. The van der Waals surface area contributed by atoms with Crippen LogP contribution in [0.5, 0.6) is 0 Å². The molecule has 28 heavy (non-hydrogen) atoms. The van der Waals surface area contributed by atoms with Crippen molar-refractivity contribution in [2.24, 2.45) is 0 Å². The second-order valence-corrected chi connectivity index (χ2v) is 7.21. The van der Waals surface area contributed by atoms with E-state index in [0.717, 1.165) is 36.1 Å². The van der Waals surface area contributed by atoms with Gasteiger partial charge in [0.05, 0.1) is 6.04 Å². The van der Waals surface area contributed by atoms with Crippen LogP contribution in [0.3, 0.4) is 0 Å².